The molecule has 3 aromatic rings. The number of imidazole rings is 1. The monoisotopic (exact) mass is 284 g/mol. The quantitative estimate of drug-likeness (QED) is 0.491. The number of nitrogens with one attached hydrogen (secondary N) is 3. The van der Waals surface area contributed by atoms with Crippen molar-refractivity contribution in [2.75, 3.05) is 12.5 Å². The van der Waals surface area contributed by atoms with Crippen LogP contribution >= 0.6 is 0 Å². The lowest BCUT2D eigenvalue weighted by Crippen LogP contribution is -2.05. The van der Waals surface area contributed by atoms with Crippen molar-refractivity contribution in [1.82, 2.24) is 19.9 Å². The molecular weight excluding hydrogens is 272 g/mol. The third kappa shape index (κ3) is 2.59. The summed E-state index contributed by atoms with van der Waals surface area (Å²) in [5, 5.41) is 4.06. The fraction of sp³-hybridized carbons (Fsp3) is 0.0769. The van der Waals surface area contributed by atoms with Crippen LogP contribution in [-0.4, -0.2) is 33.3 Å². The molecule has 3 rings (SSSR count). The summed E-state index contributed by atoms with van der Waals surface area (Å²) in [6.07, 6.45) is 2.90. The van der Waals surface area contributed by atoms with Crippen LogP contribution in [0.15, 0.2) is 40.5 Å². The SMILES string of the molecule is COc1ccccc1/C=N\Nc1nc2nc[nH]c(=O)c2[nH]1. The number of rotatable bonds is 4. The van der Waals surface area contributed by atoms with Crippen LogP contribution in [0.3, 0.4) is 0 Å². The van der Waals surface area contributed by atoms with Crippen molar-refractivity contribution in [1.29, 1.82) is 0 Å². The van der Waals surface area contributed by atoms with Crippen LogP contribution in [0.25, 0.3) is 11.2 Å². The van der Waals surface area contributed by atoms with Crippen molar-refractivity contribution in [3.8, 4) is 5.75 Å². The molecule has 3 N–H and O–H groups in total. The molecule has 0 saturated carbocycles. The summed E-state index contributed by atoms with van der Waals surface area (Å²) in [6, 6.07) is 7.47. The average Bonchev–Trinajstić information content (AvgIpc) is 2.92. The Hall–Kier alpha value is -3.16. The summed E-state index contributed by atoms with van der Waals surface area (Å²) in [5.41, 5.74) is 3.88. The number of hydrogen-bond donors (Lipinski definition) is 3. The number of hydrogen-bond acceptors (Lipinski definition) is 6. The van der Waals surface area contributed by atoms with E-state index in [0.717, 1.165) is 5.56 Å². The first-order chi connectivity index (χ1) is 10.3. The van der Waals surface area contributed by atoms with Crippen molar-refractivity contribution in [2.24, 2.45) is 5.10 Å². The molecule has 0 aliphatic rings. The van der Waals surface area contributed by atoms with Gasteiger partial charge in [0, 0.05) is 5.56 Å². The zero-order valence-electron chi connectivity index (χ0n) is 11.1. The van der Waals surface area contributed by atoms with Crippen molar-refractivity contribution in [2.45, 2.75) is 0 Å². The Labute approximate surface area is 118 Å². The number of H-pyrrole nitrogens is 2. The molecule has 2 heterocycles. The number of aromatic nitrogens is 4. The van der Waals surface area contributed by atoms with E-state index in [9.17, 15) is 4.79 Å². The fourth-order valence-corrected chi connectivity index (χ4v) is 1.83. The first-order valence-electron chi connectivity index (χ1n) is 6.13. The minimum Gasteiger partial charge on any atom is -0.496 e. The molecule has 2 aromatic heterocycles. The van der Waals surface area contributed by atoms with Crippen LogP contribution < -0.4 is 15.7 Å². The molecule has 0 aliphatic heterocycles. The molecule has 0 saturated heterocycles. The topological polar surface area (TPSA) is 108 Å². The van der Waals surface area contributed by atoms with E-state index < -0.39 is 0 Å². The Morgan fingerprint density at radius 1 is 1.38 bits per heavy atom. The highest BCUT2D eigenvalue weighted by Gasteiger charge is 2.05. The maximum atomic E-state index is 11.5. The lowest BCUT2D eigenvalue weighted by Gasteiger charge is -2.02. The number of aromatic amines is 2. The lowest BCUT2D eigenvalue weighted by atomic mass is 10.2. The number of nitrogens with zero attached hydrogens (tertiary/aromatic N) is 3. The predicted octanol–water partition coefficient (Wildman–Crippen LogP) is 1.10. The molecule has 0 bridgehead atoms. The van der Waals surface area contributed by atoms with Gasteiger partial charge in [-0.25, -0.2) is 10.4 Å². The van der Waals surface area contributed by atoms with Crippen molar-refractivity contribution in [3.05, 3.63) is 46.5 Å². The van der Waals surface area contributed by atoms with E-state index in [-0.39, 0.29) is 5.56 Å². The zero-order chi connectivity index (χ0) is 14.7. The molecule has 0 aliphatic carbocycles. The second kappa shape index (κ2) is 5.45. The lowest BCUT2D eigenvalue weighted by molar-refractivity contribution is 0.414. The molecular formula is C13H12N6O2. The third-order valence-electron chi connectivity index (χ3n) is 2.81. The average molecular weight is 284 g/mol. The number of fused-ring (bicyclic) bond motifs is 1. The Kier molecular flexibility index (Phi) is 3.34. The molecule has 21 heavy (non-hydrogen) atoms. The zero-order valence-corrected chi connectivity index (χ0v) is 11.1. The molecule has 0 radical (unpaired) electrons. The number of methoxy groups -OCH3 is 1. The van der Waals surface area contributed by atoms with E-state index in [1.807, 2.05) is 24.3 Å². The van der Waals surface area contributed by atoms with Gasteiger partial charge in [0.2, 0.25) is 5.95 Å². The van der Waals surface area contributed by atoms with Crippen LogP contribution in [0.1, 0.15) is 5.56 Å². The van der Waals surface area contributed by atoms with E-state index in [0.29, 0.717) is 22.9 Å². The normalized spacial score (nSPS) is 11.1. The van der Waals surface area contributed by atoms with Crippen LogP contribution in [0, 0.1) is 0 Å². The number of para-hydroxylation sites is 1. The summed E-state index contributed by atoms with van der Waals surface area (Å²) >= 11 is 0. The van der Waals surface area contributed by atoms with E-state index in [2.05, 4.69) is 30.5 Å². The van der Waals surface area contributed by atoms with Crippen molar-refractivity contribution < 1.29 is 4.74 Å². The largest absolute Gasteiger partial charge is 0.496 e. The Morgan fingerprint density at radius 3 is 3.05 bits per heavy atom. The summed E-state index contributed by atoms with van der Waals surface area (Å²) < 4.78 is 5.21. The highest BCUT2D eigenvalue weighted by molar-refractivity contribution is 5.84. The van der Waals surface area contributed by atoms with Crippen LogP contribution in [-0.2, 0) is 0 Å². The molecule has 106 valence electrons. The second-order valence-electron chi connectivity index (χ2n) is 4.13. The summed E-state index contributed by atoms with van der Waals surface area (Å²) in [6.45, 7) is 0. The van der Waals surface area contributed by atoms with E-state index in [4.69, 9.17) is 4.74 Å². The van der Waals surface area contributed by atoms with E-state index in [1.165, 1.54) is 6.33 Å². The molecule has 0 unspecified atom stereocenters. The second-order valence-corrected chi connectivity index (χ2v) is 4.13. The fourth-order valence-electron chi connectivity index (χ4n) is 1.83. The molecule has 0 fully saturated rings. The maximum absolute atomic E-state index is 11.5. The van der Waals surface area contributed by atoms with E-state index >= 15 is 0 Å². The van der Waals surface area contributed by atoms with Gasteiger partial charge in [0.25, 0.3) is 5.56 Å². The third-order valence-corrected chi connectivity index (χ3v) is 2.81. The highest BCUT2D eigenvalue weighted by Crippen LogP contribution is 2.14. The van der Waals surface area contributed by atoms with Gasteiger partial charge in [-0.2, -0.15) is 10.1 Å². The van der Waals surface area contributed by atoms with Crippen LogP contribution in [0.5, 0.6) is 5.75 Å². The molecule has 0 atom stereocenters. The van der Waals surface area contributed by atoms with Gasteiger partial charge >= 0.3 is 0 Å². The van der Waals surface area contributed by atoms with Gasteiger partial charge < -0.3 is 14.7 Å². The molecule has 8 nitrogen and oxygen atoms in total. The number of benzene rings is 1. The summed E-state index contributed by atoms with van der Waals surface area (Å²) in [5.74, 6) is 1.05. The first-order valence-corrected chi connectivity index (χ1v) is 6.13. The Bertz CT molecular complexity index is 851. The van der Waals surface area contributed by atoms with Crippen molar-refractivity contribution >= 4 is 23.3 Å². The Morgan fingerprint density at radius 2 is 2.24 bits per heavy atom. The highest BCUT2D eigenvalue weighted by atomic mass is 16.5. The summed E-state index contributed by atoms with van der Waals surface area (Å²) in [4.78, 5) is 24.8. The maximum Gasteiger partial charge on any atom is 0.276 e. The van der Waals surface area contributed by atoms with Gasteiger partial charge in [0.15, 0.2) is 11.2 Å². The van der Waals surface area contributed by atoms with Crippen LogP contribution in [0.4, 0.5) is 5.95 Å². The van der Waals surface area contributed by atoms with Gasteiger partial charge in [-0.1, -0.05) is 12.1 Å². The predicted molar refractivity (Wildman–Crippen MR) is 78.7 cm³/mol. The van der Waals surface area contributed by atoms with Gasteiger partial charge in [-0.05, 0) is 12.1 Å². The molecule has 0 amide bonds. The smallest absolute Gasteiger partial charge is 0.276 e. The summed E-state index contributed by atoms with van der Waals surface area (Å²) in [7, 11) is 1.59. The minimum absolute atomic E-state index is 0.283. The number of ether oxygens (including phenoxy) is 1. The van der Waals surface area contributed by atoms with Gasteiger partial charge in [-0.15, -0.1) is 0 Å². The van der Waals surface area contributed by atoms with Gasteiger partial charge in [0.05, 0.1) is 19.7 Å². The van der Waals surface area contributed by atoms with Crippen molar-refractivity contribution in [3.63, 3.8) is 0 Å². The standard InChI is InChI=1S/C13H12N6O2/c1-21-9-5-3-2-4-8(9)6-16-19-13-17-10-11(18-13)14-7-15-12(10)20/h2-7H,1H3,(H3,14,15,17,18,19,20)/b16-6-. The number of anilines is 1. The van der Waals surface area contributed by atoms with E-state index in [1.54, 1.807) is 13.3 Å². The molecule has 0 spiro atoms. The van der Waals surface area contributed by atoms with Gasteiger partial charge in [0.1, 0.15) is 5.75 Å². The van der Waals surface area contributed by atoms with Crippen LogP contribution in [0.2, 0.25) is 0 Å². The molecule has 8 heteroatoms. The first kappa shape index (κ1) is 12.9. The minimum atomic E-state index is -0.283. The Balaban J connectivity index is 1.81. The molecule has 1 aromatic carbocycles. The van der Waals surface area contributed by atoms with Gasteiger partial charge in [-0.3, -0.25) is 4.79 Å². The number of hydrazone groups is 1.